The van der Waals surface area contributed by atoms with E-state index in [1.807, 2.05) is 18.2 Å². The molecule has 0 aliphatic carbocycles. The van der Waals surface area contributed by atoms with Crippen LogP contribution in [0.4, 0.5) is 0 Å². The summed E-state index contributed by atoms with van der Waals surface area (Å²) in [5.41, 5.74) is 0.736. The highest BCUT2D eigenvalue weighted by Crippen LogP contribution is 2.21. The summed E-state index contributed by atoms with van der Waals surface area (Å²) in [5, 5.41) is 18.2. The zero-order chi connectivity index (χ0) is 12.5. The summed E-state index contributed by atoms with van der Waals surface area (Å²) in [6, 6.07) is 9.27. The number of hydrogen-bond acceptors (Lipinski definition) is 3. The Bertz CT molecular complexity index is 371. The van der Waals surface area contributed by atoms with Gasteiger partial charge in [-0.3, -0.25) is 0 Å². The van der Waals surface area contributed by atoms with Crippen molar-refractivity contribution >= 4 is 0 Å². The summed E-state index contributed by atoms with van der Waals surface area (Å²) < 4.78 is 5.58. The summed E-state index contributed by atoms with van der Waals surface area (Å²) in [5.74, 6) is 0.760. The Morgan fingerprint density at radius 2 is 2.24 bits per heavy atom. The van der Waals surface area contributed by atoms with Gasteiger partial charge in [0.1, 0.15) is 5.75 Å². The fraction of sp³-hybridized carbons (Fsp3) is 0.500. The predicted molar refractivity (Wildman–Crippen MR) is 66.7 cm³/mol. The molecule has 1 aromatic carbocycles. The van der Waals surface area contributed by atoms with Crippen molar-refractivity contribution in [2.24, 2.45) is 0 Å². The van der Waals surface area contributed by atoms with Gasteiger partial charge in [-0.1, -0.05) is 31.9 Å². The largest absolute Gasteiger partial charge is 0.494 e. The van der Waals surface area contributed by atoms with E-state index in [2.05, 4.69) is 6.92 Å². The van der Waals surface area contributed by atoms with Gasteiger partial charge in [-0.05, 0) is 24.1 Å². The molecule has 1 aromatic rings. The standard InChI is InChI=1S/C14H19NO2/c1-2-3-4-10-17-13-7-5-6-12(11-13)14(16)8-9-15/h5-7,11,14,16H,2-4,8,10H2,1H3. The summed E-state index contributed by atoms with van der Waals surface area (Å²) in [7, 11) is 0. The van der Waals surface area contributed by atoms with E-state index in [4.69, 9.17) is 10.00 Å². The molecule has 0 fully saturated rings. The van der Waals surface area contributed by atoms with Gasteiger partial charge >= 0.3 is 0 Å². The maximum atomic E-state index is 9.68. The molecule has 0 bridgehead atoms. The molecule has 0 aliphatic heterocycles. The van der Waals surface area contributed by atoms with Crippen LogP contribution in [0.1, 0.15) is 44.3 Å². The van der Waals surface area contributed by atoms with Crippen LogP contribution in [-0.2, 0) is 0 Å². The van der Waals surface area contributed by atoms with E-state index in [1.54, 1.807) is 12.1 Å². The number of hydrogen-bond donors (Lipinski definition) is 1. The summed E-state index contributed by atoms with van der Waals surface area (Å²) in [6.07, 6.45) is 2.76. The molecular weight excluding hydrogens is 214 g/mol. The van der Waals surface area contributed by atoms with E-state index >= 15 is 0 Å². The van der Waals surface area contributed by atoms with E-state index in [-0.39, 0.29) is 6.42 Å². The third-order valence-corrected chi connectivity index (χ3v) is 2.54. The fourth-order valence-electron chi connectivity index (χ4n) is 1.56. The van der Waals surface area contributed by atoms with Gasteiger partial charge in [-0.25, -0.2) is 0 Å². The van der Waals surface area contributed by atoms with Gasteiger partial charge in [0.15, 0.2) is 0 Å². The molecule has 0 aromatic heterocycles. The lowest BCUT2D eigenvalue weighted by atomic mass is 10.1. The molecule has 0 amide bonds. The van der Waals surface area contributed by atoms with E-state index < -0.39 is 6.10 Å². The molecule has 3 heteroatoms. The molecule has 17 heavy (non-hydrogen) atoms. The highest BCUT2D eigenvalue weighted by atomic mass is 16.5. The molecule has 0 heterocycles. The number of benzene rings is 1. The van der Waals surface area contributed by atoms with E-state index in [0.29, 0.717) is 6.61 Å². The Morgan fingerprint density at radius 3 is 2.94 bits per heavy atom. The number of rotatable bonds is 7. The van der Waals surface area contributed by atoms with E-state index in [1.165, 1.54) is 6.42 Å². The Kier molecular flexibility index (Phi) is 6.13. The molecule has 0 saturated heterocycles. The first-order valence-electron chi connectivity index (χ1n) is 6.05. The highest BCUT2D eigenvalue weighted by Gasteiger charge is 2.07. The lowest BCUT2D eigenvalue weighted by molar-refractivity contribution is 0.182. The van der Waals surface area contributed by atoms with Crippen LogP contribution in [0.2, 0.25) is 0 Å². The third-order valence-electron chi connectivity index (χ3n) is 2.54. The van der Waals surface area contributed by atoms with Crippen LogP contribution in [0.25, 0.3) is 0 Å². The molecule has 3 nitrogen and oxygen atoms in total. The van der Waals surface area contributed by atoms with Crippen molar-refractivity contribution in [3.8, 4) is 11.8 Å². The average Bonchev–Trinajstić information content (AvgIpc) is 2.35. The Balaban J connectivity index is 2.51. The molecule has 1 rings (SSSR count). The SMILES string of the molecule is CCCCCOc1cccc(C(O)CC#N)c1. The molecule has 0 aliphatic rings. The van der Waals surface area contributed by atoms with Crippen molar-refractivity contribution in [3.05, 3.63) is 29.8 Å². The van der Waals surface area contributed by atoms with Crippen molar-refractivity contribution in [2.45, 2.75) is 38.7 Å². The van der Waals surface area contributed by atoms with Gasteiger partial charge < -0.3 is 9.84 Å². The van der Waals surface area contributed by atoms with Crippen LogP contribution in [-0.4, -0.2) is 11.7 Å². The minimum atomic E-state index is -0.723. The number of aliphatic hydroxyl groups is 1. The Labute approximate surface area is 103 Å². The summed E-state index contributed by atoms with van der Waals surface area (Å²) in [6.45, 7) is 2.85. The zero-order valence-corrected chi connectivity index (χ0v) is 10.2. The molecule has 92 valence electrons. The summed E-state index contributed by atoms with van der Waals surface area (Å²) >= 11 is 0. The van der Waals surface area contributed by atoms with Crippen LogP contribution in [0, 0.1) is 11.3 Å². The zero-order valence-electron chi connectivity index (χ0n) is 10.2. The first-order valence-corrected chi connectivity index (χ1v) is 6.05. The van der Waals surface area contributed by atoms with Gasteiger partial charge in [-0.15, -0.1) is 0 Å². The maximum absolute atomic E-state index is 9.68. The normalized spacial score (nSPS) is 11.8. The lowest BCUT2D eigenvalue weighted by Gasteiger charge is -2.10. The van der Waals surface area contributed by atoms with Crippen LogP contribution in [0.3, 0.4) is 0 Å². The van der Waals surface area contributed by atoms with E-state index in [9.17, 15) is 5.11 Å². The van der Waals surface area contributed by atoms with Gasteiger partial charge in [0.25, 0.3) is 0 Å². The van der Waals surface area contributed by atoms with Crippen LogP contribution < -0.4 is 4.74 Å². The number of nitriles is 1. The first-order chi connectivity index (χ1) is 8.27. The minimum absolute atomic E-state index is 0.110. The fourth-order valence-corrected chi connectivity index (χ4v) is 1.56. The van der Waals surface area contributed by atoms with Crippen LogP contribution in [0.5, 0.6) is 5.75 Å². The minimum Gasteiger partial charge on any atom is -0.494 e. The quantitative estimate of drug-likeness (QED) is 0.736. The maximum Gasteiger partial charge on any atom is 0.119 e. The number of unbranched alkanes of at least 4 members (excludes halogenated alkanes) is 2. The molecule has 0 radical (unpaired) electrons. The molecule has 1 N–H and O–H groups in total. The van der Waals surface area contributed by atoms with Crippen LogP contribution >= 0.6 is 0 Å². The smallest absolute Gasteiger partial charge is 0.119 e. The van der Waals surface area contributed by atoms with Gasteiger partial charge in [0.2, 0.25) is 0 Å². The molecule has 0 saturated carbocycles. The molecule has 1 atom stereocenters. The van der Waals surface area contributed by atoms with Gasteiger partial charge in [-0.2, -0.15) is 5.26 Å². The van der Waals surface area contributed by atoms with Crippen LogP contribution in [0.15, 0.2) is 24.3 Å². The molecule has 0 spiro atoms. The topological polar surface area (TPSA) is 53.2 Å². The number of ether oxygens (including phenoxy) is 1. The van der Waals surface area contributed by atoms with Gasteiger partial charge in [0.05, 0.1) is 25.2 Å². The van der Waals surface area contributed by atoms with Crippen molar-refractivity contribution < 1.29 is 9.84 Å². The van der Waals surface area contributed by atoms with Crippen molar-refractivity contribution in [1.29, 1.82) is 5.26 Å². The van der Waals surface area contributed by atoms with Gasteiger partial charge in [0, 0.05) is 0 Å². The predicted octanol–water partition coefficient (Wildman–Crippen LogP) is 3.20. The second kappa shape index (κ2) is 7.70. The molecule has 1 unspecified atom stereocenters. The Morgan fingerprint density at radius 1 is 1.41 bits per heavy atom. The summed E-state index contributed by atoms with van der Waals surface area (Å²) in [4.78, 5) is 0. The van der Waals surface area contributed by atoms with Crippen molar-refractivity contribution in [1.82, 2.24) is 0 Å². The average molecular weight is 233 g/mol. The second-order valence-electron chi connectivity index (χ2n) is 4.01. The first kappa shape index (κ1) is 13.5. The number of aliphatic hydroxyl groups excluding tert-OH is 1. The lowest BCUT2D eigenvalue weighted by Crippen LogP contribution is -2.00. The second-order valence-corrected chi connectivity index (χ2v) is 4.01. The highest BCUT2D eigenvalue weighted by molar-refractivity contribution is 5.30. The molecular formula is C14H19NO2. The van der Waals surface area contributed by atoms with E-state index in [0.717, 1.165) is 24.2 Å². The Hall–Kier alpha value is -1.53. The van der Waals surface area contributed by atoms with Crippen molar-refractivity contribution in [2.75, 3.05) is 6.61 Å². The number of nitrogens with zero attached hydrogens (tertiary/aromatic N) is 1. The van der Waals surface area contributed by atoms with Crippen molar-refractivity contribution in [3.63, 3.8) is 0 Å². The third kappa shape index (κ3) is 4.88. The monoisotopic (exact) mass is 233 g/mol.